The Bertz CT molecular complexity index is 1390. The monoisotopic (exact) mass is 595 g/mol. The van der Waals surface area contributed by atoms with Crippen molar-refractivity contribution < 1.29 is 4.79 Å². The Balaban J connectivity index is 0.000000577. The molecule has 6 heteroatoms. The molecule has 0 amide bonds. The fourth-order valence-corrected chi connectivity index (χ4v) is 4.45. The standard InChI is InChI=1S/C14H21N.C9H6N2.C8H8N2O.C3H6.2C2H6/c1-5-13-11(2)9-7-6-8-10-12(3)14(13)15-4;10-6-7-1-2-9-8(5-7)3-4-11-9;11-5-6-1-3-9-8-7(6)2-4-10-8;1-3-2;2*1-2/h6-8,10,14-15H,3,5,9H2,1-2,4H3;1-5,11H;1-5,8-10H;3H,1H2,2H3;2*1-2H3/b7-6-,10-8-,13-11-;;;;;. The fourth-order valence-electron chi connectivity index (χ4n) is 4.45. The molecule has 4 N–H and O–H groups in total. The predicted octanol–water partition coefficient (Wildman–Crippen LogP) is 8.70. The molecule has 2 atom stereocenters. The lowest BCUT2D eigenvalue weighted by Gasteiger charge is -2.22. The summed E-state index contributed by atoms with van der Waals surface area (Å²) >= 11 is 0. The van der Waals surface area contributed by atoms with E-state index < -0.39 is 0 Å². The molecule has 2 aromatic rings. The second-order valence-corrected chi connectivity index (χ2v) is 9.21. The molecule has 5 rings (SSSR count). The lowest BCUT2D eigenvalue weighted by molar-refractivity contribution is -0.104. The Hall–Kier alpha value is -4.60. The quantitative estimate of drug-likeness (QED) is 0.210. The predicted molar refractivity (Wildman–Crippen MR) is 191 cm³/mol. The molecule has 0 fully saturated rings. The number of carbonyl (C=O) groups excluding carboxylic acids is 1. The maximum absolute atomic E-state index is 10.5. The minimum Gasteiger partial charge on any atom is -0.368 e. The van der Waals surface area contributed by atoms with Crippen molar-refractivity contribution in [2.45, 2.75) is 73.5 Å². The highest BCUT2D eigenvalue weighted by molar-refractivity contribution is 5.81. The van der Waals surface area contributed by atoms with Crippen molar-refractivity contribution in [3.8, 4) is 6.07 Å². The van der Waals surface area contributed by atoms with Crippen LogP contribution in [0.3, 0.4) is 0 Å². The van der Waals surface area contributed by atoms with E-state index >= 15 is 0 Å². The van der Waals surface area contributed by atoms with E-state index in [9.17, 15) is 4.79 Å². The average Bonchev–Trinajstić information content (AvgIpc) is 3.76. The number of aromatic nitrogens is 1. The number of dihydropyridines is 1. The molecule has 0 radical (unpaired) electrons. The summed E-state index contributed by atoms with van der Waals surface area (Å²) in [5.74, 6) is 0. The largest absolute Gasteiger partial charge is 0.368 e. The summed E-state index contributed by atoms with van der Waals surface area (Å²) in [4.78, 5) is 13.6. The fraction of sp³-hybridized carbons (Fsp3) is 0.316. The Morgan fingerprint density at radius 1 is 1.07 bits per heavy atom. The molecule has 6 nitrogen and oxygen atoms in total. The number of nitrogens with one attached hydrogen (secondary N) is 4. The molecule has 2 aliphatic heterocycles. The minimum atomic E-state index is 0.0974. The van der Waals surface area contributed by atoms with Crippen LogP contribution in [0, 0.1) is 11.3 Å². The van der Waals surface area contributed by atoms with Crippen molar-refractivity contribution in [1.82, 2.24) is 20.9 Å². The third-order valence-electron chi connectivity index (χ3n) is 6.42. The minimum absolute atomic E-state index is 0.0974. The average molecular weight is 596 g/mol. The lowest BCUT2D eigenvalue weighted by Crippen LogP contribution is -2.36. The third-order valence-corrected chi connectivity index (χ3v) is 6.42. The molecule has 1 aromatic heterocycles. The number of hydrogen-bond acceptors (Lipinski definition) is 5. The molecule has 3 aliphatic rings. The van der Waals surface area contributed by atoms with E-state index in [2.05, 4.69) is 78.3 Å². The van der Waals surface area contributed by atoms with Crippen molar-refractivity contribution in [2.24, 2.45) is 0 Å². The van der Waals surface area contributed by atoms with Gasteiger partial charge in [-0.3, -0.25) is 4.79 Å². The van der Waals surface area contributed by atoms with Crippen LogP contribution in [-0.4, -0.2) is 30.5 Å². The molecular weight excluding hydrogens is 542 g/mol. The number of nitriles is 1. The van der Waals surface area contributed by atoms with E-state index in [0.29, 0.717) is 11.6 Å². The first-order valence-corrected chi connectivity index (χ1v) is 15.4. The summed E-state index contributed by atoms with van der Waals surface area (Å²) in [6, 6.07) is 9.93. The van der Waals surface area contributed by atoms with Crippen LogP contribution in [0.4, 0.5) is 0 Å². The highest BCUT2D eigenvalue weighted by Gasteiger charge is 2.19. The van der Waals surface area contributed by atoms with Gasteiger partial charge in [-0.1, -0.05) is 77.2 Å². The van der Waals surface area contributed by atoms with Crippen LogP contribution < -0.4 is 16.0 Å². The molecule has 2 unspecified atom stereocenters. The summed E-state index contributed by atoms with van der Waals surface area (Å²) in [6.45, 7) is 21.8. The van der Waals surface area contributed by atoms with Gasteiger partial charge >= 0.3 is 0 Å². The number of aldehydes is 1. The number of likely N-dealkylation sites (N-methyl/N-ethyl adjacent to an activating group) is 1. The maximum Gasteiger partial charge on any atom is 0.150 e. The van der Waals surface area contributed by atoms with Crippen molar-refractivity contribution in [3.63, 3.8) is 0 Å². The molecular formula is C38H53N5O. The molecule has 44 heavy (non-hydrogen) atoms. The summed E-state index contributed by atoms with van der Waals surface area (Å²) in [7, 11) is 2.00. The second kappa shape index (κ2) is 23.9. The van der Waals surface area contributed by atoms with Crippen LogP contribution in [0.15, 0.2) is 126 Å². The molecule has 1 aromatic carbocycles. The Kier molecular flexibility index (Phi) is 21.4. The first kappa shape index (κ1) is 39.4. The number of H-pyrrole nitrogens is 1. The Morgan fingerprint density at radius 2 is 1.73 bits per heavy atom. The smallest absolute Gasteiger partial charge is 0.150 e. The number of rotatable bonds is 3. The summed E-state index contributed by atoms with van der Waals surface area (Å²) in [5, 5.41) is 19.1. The zero-order valence-electron chi connectivity index (χ0n) is 28.0. The number of allylic oxidation sites excluding steroid dienone is 7. The SMILES string of the molecule is C=C1/C=C\C=C/C/C(C)=C(/CC)C1NC.C=CC.CC.CC.N#Cc1ccc2[nH]ccc2c1.O=CC1=C2C=CNC2NC=C1. The van der Waals surface area contributed by atoms with Crippen molar-refractivity contribution >= 4 is 17.2 Å². The van der Waals surface area contributed by atoms with E-state index in [1.54, 1.807) is 24.4 Å². The maximum atomic E-state index is 10.5. The number of aromatic amines is 1. The van der Waals surface area contributed by atoms with E-state index in [0.717, 1.165) is 46.8 Å². The highest BCUT2D eigenvalue weighted by Crippen LogP contribution is 2.22. The van der Waals surface area contributed by atoms with Crippen molar-refractivity contribution in [3.05, 3.63) is 132 Å². The topological polar surface area (TPSA) is 92.7 Å². The van der Waals surface area contributed by atoms with Gasteiger partial charge in [0.1, 0.15) is 6.17 Å². The second-order valence-electron chi connectivity index (χ2n) is 9.21. The van der Waals surface area contributed by atoms with Crippen LogP contribution in [0.1, 0.15) is 66.9 Å². The zero-order chi connectivity index (χ0) is 33.3. The van der Waals surface area contributed by atoms with Gasteiger partial charge in [-0.2, -0.15) is 5.26 Å². The van der Waals surface area contributed by atoms with Crippen LogP contribution >= 0.6 is 0 Å². The molecule has 0 saturated carbocycles. The van der Waals surface area contributed by atoms with Gasteiger partial charge < -0.3 is 20.9 Å². The normalized spacial score (nSPS) is 20.3. The summed E-state index contributed by atoms with van der Waals surface area (Å²) in [5.41, 5.74) is 7.61. The van der Waals surface area contributed by atoms with Gasteiger partial charge in [0.05, 0.1) is 17.7 Å². The van der Waals surface area contributed by atoms with E-state index in [1.807, 2.05) is 78.3 Å². The molecule has 3 heterocycles. The molecule has 0 spiro atoms. The van der Waals surface area contributed by atoms with Gasteiger partial charge in [0, 0.05) is 28.2 Å². The van der Waals surface area contributed by atoms with Crippen molar-refractivity contribution in [1.29, 1.82) is 5.26 Å². The number of nitrogens with zero attached hydrogens (tertiary/aromatic N) is 1. The number of fused-ring (bicyclic) bond motifs is 2. The lowest BCUT2D eigenvalue weighted by atomic mass is 9.93. The van der Waals surface area contributed by atoms with Gasteiger partial charge in [0.25, 0.3) is 0 Å². The summed E-state index contributed by atoms with van der Waals surface area (Å²) in [6.07, 6.45) is 22.5. The van der Waals surface area contributed by atoms with Gasteiger partial charge in [-0.25, -0.2) is 0 Å². The van der Waals surface area contributed by atoms with E-state index in [4.69, 9.17) is 5.26 Å². The molecule has 0 bridgehead atoms. The Labute approximate surface area is 266 Å². The zero-order valence-corrected chi connectivity index (χ0v) is 28.0. The highest BCUT2D eigenvalue weighted by atomic mass is 16.1. The van der Waals surface area contributed by atoms with Gasteiger partial charge in [-0.05, 0) is 93.7 Å². The van der Waals surface area contributed by atoms with Gasteiger partial charge in [-0.15, -0.1) is 6.58 Å². The Morgan fingerprint density at radius 3 is 2.32 bits per heavy atom. The first-order chi connectivity index (χ1) is 21.4. The molecule has 236 valence electrons. The number of benzene rings is 1. The van der Waals surface area contributed by atoms with Crippen LogP contribution in [-0.2, 0) is 4.79 Å². The third kappa shape index (κ3) is 12.7. The van der Waals surface area contributed by atoms with Crippen molar-refractivity contribution in [2.75, 3.05) is 7.05 Å². The van der Waals surface area contributed by atoms with Gasteiger partial charge in [0.2, 0.25) is 0 Å². The number of carbonyl (C=O) groups is 1. The van der Waals surface area contributed by atoms with Crippen LogP contribution in [0.5, 0.6) is 0 Å². The molecule has 1 aliphatic carbocycles. The number of hydrogen-bond donors (Lipinski definition) is 4. The summed E-state index contributed by atoms with van der Waals surface area (Å²) < 4.78 is 0. The van der Waals surface area contributed by atoms with Crippen LogP contribution in [0.25, 0.3) is 10.9 Å². The van der Waals surface area contributed by atoms with Crippen LogP contribution in [0.2, 0.25) is 0 Å². The van der Waals surface area contributed by atoms with E-state index in [-0.39, 0.29) is 6.17 Å². The van der Waals surface area contributed by atoms with Gasteiger partial charge in [0.15, 0.2) is 6.29 Å². The first-order valence-electron chi connectivity index (χ1n) is 15.4. The van der Waals surface area contributed by atoms with E-state index in [1.165, 1.54) is 11.1 Å². The molecule has 0 saturated heterocycles.